The monoisotopic (exact) mass is 248 g/mol. The maximum Gasteiger partial charge on any atom is 0.119 e. The Bertz CT molecular complexity index is 394. The van der Waals surface area contributed by atoms with Crippen LogP contribution in [0.15, 0.2) is 24.3 Å². The minimum atomic E-state index is -0.698. The lowest BCUT2D eigenvalue weighted by Crippen LogP contribution is -2.44. The van der Waals surface area contributed by atoms with E-state index in [2.05, 4.69) is 13.8 Å². The highest BCUT2D eigenvalue weighted by Gasteiger charge is 2.46. The third-order valence-corrected chi connectivity index (χ3v) is 4.35. The van der Waals surface area contributed by atoms with Crippen molar-refractivity contribution < 1.29 is 9.84 Å². The first kappa shape index (κ1) is 13.4. The van der Waals surface area contributed by atoms with Crippen LogP contribution in [-0.2, 0) is 5.60 Å². The van der Waals surface area contributed by atoms with Crippen LogP contribution >= 0.6 is 0 Å². The zero-order valence-corrected chi connectivity index (χ0v) is 11.7. The van der Waals surface area contributed by atoms with Crippen LogP contribution in [0.25, 0.3) is 0 Å². The highest BCUT2D eigenvalue weighted by molar-refractivity contribution is 5.32. The van der Waals surface area contributed by atoms with E-state index in [4.69, 9.17) is 4.74 Å². The molecule has 1 N–H and O–H groups in total. The van der Waals surface area contributed by atoms with Gasteiger partial charge in [0.1, 0.15) is 5.75 Å². The molecule has 0 saturated heterocycles. The Hall–Kier alpha value is -1.02. The van der Waals surface area contributed by atoms with E-state index in [0.29, 0.717) is 6.61 Å². The molecule has 100 valence electrons. The van der Waals surface area contributed by atoms with Gasteiger partial charge in [0.25, 0.3) is 0 Å². The van der Waals surface area contributed by atoms with Crippen molar-refractivity contribution in [3.8, 4) is 5.75 Å². The summed E-state index contributed by atoms with van der Waals surface area (Å²) in [5, 5.41) is 11.1. The minimum Gasteiger partial charge on any atom is -0.494 e. The predicted octanol–water partition coefficient (Wildman–Crippen LogP) is 3.87. The predicted molar refractivity (Wildman–Crippen MR) is 73.8 cm³/mol. The lowest BCUT2D eigenvalue weighted by molar-refractivity contribution is -0.103. The molecule has 1 aliphatic carbocycles. The van der Waals surface area contributed by atoms with Crippen molar-refractivity contribution in [2.45, 2.75) is 52.1 Å². The second-order valence-corrected chi connectivity index (χ2v) is 5.91. The first-order valence-corrected chi connectivity index (χ1v) is 6.95. The van der Waals surface area contributed by atoms with Gasteiger partial charge in [0.15, 0.2) is 0 Å². The molecule has 18 heavy (non-hydrogen) atoms. The van der Waals surface area contributed by atoms with Gasteiger partial charge in [0.05, 0.1) is 12.2 Å². The minimum absolute atomic E-state index is 0.0572. The molecule has 1 fully saturated rings. The van der Waals surface area contributed by atoms with Crippen LogP contribution in [0.3, 0.4) is 0 Å². The van der Waals surface area contributed by atoms with Crippen LogP contribution in [0.5, 0.6) is 5.75 Å². The summed E-state index contributed by atoms with van der Waals surface area (Å²) in [5.41, 5.74) is 0.268. The first-order valence-electron chi connectivity index (χ1n) is 6.95. The molecule has 2 rings (SSSR count). The third kappa shape index (κ3) is 2.26. The topological polar surface area (TPSA) is 29.5 Å². The van der Waals surface area contributed by atoms with Gasteiger partial charge in [-0.2, -0.15) is 0 Å². The van der Waals surface area contributed by atoms with E-state index in [1.165, 1.54) is 6.42 Å². The fraction of sp³-hybridized carbons (Fsp3) is 0.625. The molecule has 1 aliphatic rings. The van der Waals surface area contributed by atoms with E-state index < -0.39 is 5.60 Å². The molecule has 0 radical (unpaired) electrons. The van der Waals surface area contributed by atoms with Crippen molar-refractivity contribution in [2.75, 3.05) is 6.61 Å². The van der Waals surface area contributed by atoms with Crippen LogP contribution in [0.4, 0.5) is 0 Å². The molecule has 2 nitrogen and oxygen atoms in total. The lowest BCUT2D eigenvalue weighted by Gasteiger charge is -2.47. The fourth-order valence-electron chi connectivity index (χ4n) is 3.02. The zero-order chi connectivity index (χ0) is 13.2. The van der Waals surface area contributed by atoms with Gasteiger partial charge in [-0.05, 0) is 42.9 Å². The molecular weight excluding hydrogens is 224 g/mol. The van der Waals surface area contributed by atoms with Gasteiger partial charge in [0, 0.05) is 0 Å². The molecule has 1 aromatic carbocycles. The molecule has 0 aromatic heterocycles. The number of hydrogen-bond acceptors (Lipinski definition) is 2. The average Bonchev–Trinajstić information content (AvgIpc) is 2.34. The standard InChI is InChI=1S/C16H24O2/c1-4-18-14-9-7-13(8-10-14)16(17)12-6-5-11-15(16,2)3/h7-10,17H,4-6,11-12H2,1-3H3. The summed E-state index contributed by atoms with van der Waals surface area (Å²) in [4.78, 5) is 0. The molecule has 2 heteroatoms. The summed E-state index contributed by atoms with van der Waals surface area (Å²) >= 11 is 0. The molecule has 0 spiro atoms. The number of aliphatic hydroxyl groups is 1. The molecule has 0 bridgehead atoms. The van der Waals surface area contributed by atoms with Crippen LogP contribution in [0.1, 0.15) is 52.0 Å². The second kappa shape index (κ2) is 4.93. The van der Waals surface area contributed by atoms with E-state index in [1.54, 1.807) is 0 Å². The van der Waals surface area contributed by atoms with Crippen molar-refractivity contribution in [3.05, 3.63) is 29.8 Å². The number of benzene rings is 1. The van der Waals surface area contributed by atoms with Gasteiger partial charge in [0.2, 0.25) is 0 Å². The highest BCUT2D eigenvalue weighted by atomic mass is 16.5. The van der Waals surface area contributed by atoms with Gasteiger partial charge < -0.3 is 9.84 Å². The number of rotatable bonds is 3. The van der Waals surface area contributed by atoms with Crippen LogP contribution in [0, 0.1) is 5.41 Å². The summed E-state index contributed by atoms with van der Waals surface area (Å²) in [7, 11) is 0. The lowest BCUT2D eigenvalue weighted by atomic mass is 9.62. The van der Waals surface area contributed by atoms with Gasteiger partial charge in [-0.15, -0.1) is 0 Å². The third-order valence-electron chi connectivity index (χ3n) is 4.35. The molecule has 1 saturated carbocycles. The number of ether oxygens (including phenoxy) is 1. The van der Waals surface area contributed by atoms with E-state index in [0.717, 1.165) is 30.6 Å². The van der Waals surface area contributed by atoms with Crippen LogP contribution in [0.2, 0.25) is 0 Å². The molecule has 0 heterocycles. The molecule has 1 aromatic rings. The smallest absolute Gasteiger partial charge is 0.119 e. The summed E-state index contributed by atoms with van der Waals surface area (Å²) in [6.45, 7) is 6.99. The summed E-state index contributed by atoms with van der Waals surface area (Å²) in [6, 6.07) is 7.94. The van der Waals surface area contributed by atoms with Crippen molar-refractivity contribution in [1.82, 2.24) is 0 Å². The van der Waals surface area contributed by atoms with Crippen molar-refractivity contribution in [2.24, 2.45) is 5.41 Å². The van der Waals surface area contributed by atoms with Gasteiger partial charge in [-0.25, -0.2) is 0 Å². The Balaban J connectivity index is 2.28. The zero-order valence-electron chi connectivity index (χ0n) is 11.7. The molecular formula is C16H24O2. The second-order valence-electron chi connectivity index (χ2n) is 5.91. The van der Waals surface area contributed by atoms with E-state index >= 15 is 0 Å². The van der Waals surface area contributed by atoms with Gasteiger partial charge in [-0.1, -0.05) is 38.8 Å². The summed E-state index contributed by atoms with van der Waals surface area (Å²) in [6.07, 6.45) is 4.25. The Kier molecular flexibility index (Phi) is 3.67. The van der Waals surface area contributed by atoms with Crippen LogP contribution in [-0.4, -0.2) is 11.7 Å². The number of hydrogen-bond donors (Lipinski definition) is 1. The SMILES string of the molecule is CCOc1ccc(C2(O)CCCCC2(C)C)cc1. The summed E-state index contributed by atoms with van der Waals surface area (Å²) < 4.78 is 5.45. The summed E-state index contributed by atoms with van der Waals surface area (Å²) in [5.74, 6) is 0.874. The fourth-order valence-corrected chi connectivity index (χ4v) is 3.02. The van der Waals surface area contributed by atoms with Gasteiger partial charge >= 0.3 is 0 Å². The van der Waals surface area contributed by atoms with E-state index in [9.17, 15) is 5.11 Å². The maximum atomic E-state index is 11.1. The first-order chi connectivity index (χ1) is 8.49. The molecule has 0 aliphatic heterocycles. The van der Waals surface area contributed by atoms with E-state index in [1.807, 2.05) is 31.2 Å². The quantitative estimate of drug-likeness (QED) is 0.879. The largest absolute Gasteiger partial charge is 0.494 e. The Morgan fingerprint density at radius 1 is 1.11 bits per heavy atom. The molecule has 0 amide bonds. The Morgan fingerprint density at radius 2 is 1.72 bits per heavy atom. The van der Waals surface area contributed by atoms with Gasteiger partial charge in [-0.3, -0.25) is 0 Å². The molecule has 1 unspecified atom stereocenters. The average molecular weight is 248 g/mol. The van der Waals surface area contributed by atoms with Crippen molar-refractivity contribution in [3.63, 3.8) is 0 Å². The Labute approximate surface area is 110 Å². The van der Waals surface area contributed by atoms with Crippen molar-refractivity contribution in [1.29, 1.82) is 0 Å². The maximum absolute atomic E-state index is 11.1. The molecule has 1 atom stereocenters. The van der Waals surface area contributed by atoms with Crippen LogP contribution < -0.4 is 4.74 Å². The Morgan fingerprint density at radius 3 is 2.28 bits per heavy atom. The normalized spacial score (nSPS) is 26.9. The van der Waals surface area contributed by atoms with E-state index in [-0.39, 0.29) is 5.41 Å². The highest BCUT2D eigenvalue weighted by Crippen LogP contribution is 2.50. The van der Waals surface area contributed by atoms with Crippen molar-refractivity contribution >= 4 is 0 Å².